The minimum Gasteiger partial charge on any atom is -0.465 e. The maximum absolute atomic E-state index is 12.6. The van der Waals surface area contributed by atoms with Crippen LogP contribution in [0.25, 0.3) is 0 Å². The van der Waals surface area contributed by atoms with Crippen LogP contribution in [0.2, 0.25) is 0 Å². The van der Waals surface area contributed by atoms with E-state index in [4.69, 9.17) is 14.2 Å². The first kappa shape index (κ1) is 29.6. The van der Waals surface area contributed by atoms with Gasteiger partial charge in [-0.05, 0) is 52.9 Å². The Labute approximate surface area is 213 Å². The molecule has 0 aromatic carbocycles. The van der Waals surface area contributed by atoms with Crippen molar-refractivity contribution >= 4 is 38.7 Å². The van der Waals surface area contributed by atoms with Crippen molar-refractivity contribution in [1.29, 1.82) is 0 Å². The average Bonchev–Trinajstić information content (AvgIpc) is 3.07. The molecule has 5 atom stereocenters. The molecule has 2 saturated heterocycles. The topological polar surface area (TPSA) is 88.1 Å². The Bertz CT molecular complexity index is 840. The SMILES string of the molecule is C=C(OS(=O)(=O)C(F)(F)F)C(C)C[C@H]1CC[C@@H]2O[C@@H](CCCOC(=O)C(C)(C)C)C[C@]2(CI)O1. The van der Waals surface area contributed by atoms with E-state index in [0.717, 1.165) is 12.8 Å². The lowest BCUT2D eigenvalue weighted by Gasteiger charge is -2.41. The maximum atomic E-state index is 12.6. The number of halogens is 4. The highest BCUT2D eigenvalue weighted by Gasteiger charge is 2.53. The molecule has 0 aromatic rings. The fraction of sp³-hybridized carbons (Fsp3) is 0.864. The van der Waals surface area contributed by atoms with Crippen LogP contribution in [0, 0.1) is 11.3 Å². The molecule has 0 bridgehead atoms. The zero-order chi connectivity index (χ0) is 25.9. The van der Waals surface area contributed by atoms with Crippen molar-refractivity contribution < 1.29 is 44.8 Å². The summed E-state index contributed by atoms with van der Waals surface area (Å²) >= 11 is 2.25. The van der Waals surface area contributed by atoms with Crippen LogP contribution >= 0.6 is 22.6 Å². The molecule has 7 nitrogen and oxygen atoms in total. The molecule has 2 heterocycles. The van der Waals surface area contributed by atoms with E-state index in [1.54, 1.807) is 27.7 Å². The minimum absolute atomic E-state index is 0.0421. The zero-order valence-electron chi connectivity index (χ0n) is 20.0. The lowest BCUT2D eigenvalue weighted by molar-refractivity contribution is -0.156. The van der Waals surface area contributed by atoms with Crippen LogP contribution in [0.5, 0.6) is 0 Å². The number of esters is 1. The van der Waals surface area contributed by atoms with Crippen molar-refractivity contribution in [1.82, 2.24) is 0 Å². The summed E-state index contributed by atoms with van der Waals surface area (Å²) < 4.78 is 83.0. The second kappa shape index (κ2) is 11.2. The van der Waals surface area contributed by atoms with Gasteiger partial charge in [-0.25, -0.2) is 0 Å². The number of hydrogen-bond donors (Lipinski definition) is 0. The van der Waals surface area contributed by atoms with Gasteiger partial charge < -0.3 is 18.4 Å². The minimum atomic E-state index is -5.74. The maximum Gasteiger partial charge on any atom is 0.534 e. The van der Waals surface area contributed by atoms with Crippen LogP contribution in [0.15, 0.2) is 12.3 Å². The van der Waals surface area contributed by atoms with Crippen LogP contribution in [-0.2, 0) is 33.3 Å². The molecule has 2 aliphatic heterocycles. The number of alkyl halides is 4. The van der Waals surface area contributed by atoms with Crippen molar-refractivity contribution in [3.63, 3.8) is 0 Å². The molecule has 0 radical (unpaired) electrons. The molecule has 0 N–H and O–H groups in total. The van der Waals surface area contributed by atoms with Crippen molar-refractivity contribution in [2.75, 3.05) is 11.0 Å². The quantitative estimate of drug-likeness (QED) is 0.0621. The summed E-state index contributed by atoms with van der Waals surface area (Å²) in [6.07, 6.45) is 3.27. The van der Waals surface area contributed by atoms with Crippen LogP contribution in [0.3, 0.4) is 0 Å². The average molecular weight is 626 g/mol. The number of allylic oxidation sites excluding steroid dienone is 1. The number of ether oxygens (including phenoxy) is 3. The third kappa shape index (κ3) is 7.45. The van der Waals surface area contributed by atoms with Gasteiger partial charge in [0.05, 0.1) is 30.3 Å². The van der Waals surface area contributed by atoms with Gasteiger partial charge in [-0.1, -0.05) is 36.1 Å². The first-order chi connectivity index (χ1) is 15.5. The number of hydrogen-bond acceptors (Lipinski definition) is 7. The summed E-state index contributed by atoms with van der Waals surface area (Å²) in [6.45, 7) is 10.7. The smallest absolute Gasteiger partial charge is 0.465 e. The molecule has 2 aliphatic rings. The number of carbonyl (C=O) groups excluding carboxylic acids is 1. The van der Waals surface area contributed by atoms with E-state index in [2.05, 4.69) is 33.4 Å². The van der Waals surface area contributed by atoms with Crippen molar-refractivity contribution in [2.24, 2.45) is 11.3 Å². The molecule has 2 rings (SSSR count). The Hall–Kier alpha value is -0.600. The van der Waals surface area contributed by atoms with Gasteiger partial charge in [0.15, 0.2) is 0 Å². The van der Waals surface area contributed by atoms with Gasteiger partial charge in [0.2, 0.25) is 0 Å². The summed E-state index contributed by atoms with van der Waals surface area (Å²) in [7, 11) is -5.74. The summed E-state index contributed by atoms with van der Waals surface area (Å²) in [4.78, 5) is 11.9. The lowest BCUT2D eigenvalue weighted by atomic mass is 9.86. The van der Waals surface area contributed by atoms with Crippen molar-refractivity contribution in [3.8, 4) is 0 Å². The molecule has 198 valence electrons. The Morgan fingerprint density at radius 1 is 1.24 bits per heavy atom. The molecule has 0 aliphatic carbocycles. The largest absolute Gasteiger partial charge is 0.534 e. The molecule has 12 heteroatoms. The van der Waals surface area contributed by atoms with E-state index in [1.807, 2.05) is 0 Å². The summed E-state index contributed by atoms with van der Waals surface area (Å²) in [5.41, 5.74) is -6.57. The van der Waals surface area contributed by atoms with E-state index in [-0.39, 0.29) is 30.7 Å². The van der Waals surface area contributed by atoms with Crippen LogP contribution < -0.4 is 0 Å². The van der Waals surface area contributed by atoms with E-state index in [9.17, 15) is 26.4 Å². The van der Waals surface area contributed by atoms with Gasteiger partial charge in [0.25, 0.3) is 0 Å². The Kier molecular flexibility index (Phi) is 9.76. The standard InChI is InChI=1S/C22H34F3IO7S/c1-14(15(2)33-34(28,29)22(23,24)25)11-16-8-9-18-21(13-26,32-16)12-17(31-18)7-6-10-30-19(27)20(3,4)5/h14,16-18H,2,6-13H2,1,3-5H3/t14?,16-,17+,18+,21-/m1/s1. The first-order valence-corrected chi connectivity index (χ1v) is 14.2. The van der Waals surface area contributed by atoms with E-state index in [0.29, 0.717) is 30.3 Å². The van der Waals surface area contributed by atoms with Crippen molar-refractivity contribution in [2.45, 2.75) is 95.6 Å². The second-order valence-corrected chi connectivity index (χ2v) is 12.4. The predicted molar refractivity (Wildman–Crippen MR) is 128 cm³/mol. The van der Waals surface area contributed by atoms with E-state index in [1.165, 1.54) is 0 Å². The van der Waals surface area contributed by atoms with Gasteiger partial charge in [0, 0.05) is 16.8 Å². The van der Waals surface area contributed by atoms with Gasteiger partial charge in [-0.3, -0.25) is 4.79 Å². The van der Waals surface area contributed by atoms with Crippen molar-refractivity contribution in [3.05, 3.63) is 12.3 Å². The molecule has 0 spiro atoms. The van der Waals surface area contributed by atoms with Crippen LogP contribution in [-0.4, -0.2) is 54.8 Å². The van der Waals surface area contributed by atoms with Gasteiger partial charge in [0.1, 0.15) is 11.4 Å². The Balaban J connectivity index is 1.88. The van der Waals surface area contributed by atoms with Crippen LogP contribution in [0.1, 0.15) is 66.2 Å². The fourth-order valence-corrected chi connectivity index (χ4v) is 5.62. The van der Waals surface area contributed by atoms with Gasteiger partial charge >= 0.3 is 21.6 Å². The van der Waals surface area contributed by atoms with Gasteiger partial charge in [-0.15, -0.1) is 0 Å². The predicted octanol–water partition coefficient (Wildman–Crippen LogP) is 5.27. The lowest BCUT2D eigenvalue weighted by Crippen LogP contribution is -2.50. The normalized spacial score (nSPS) is 28.8. The summed E-state index contributed by atoms with van der Waals surface area (Å²) in [5.74, 6) is -1.36. The monoisotopic (exact) mass is 626 g/mol. The molecule has 34 heavy (non-hydrogen) atoms. The first-order valence-electron chi connectivity index (χ1n) is 11.3. The number of carbonyl (C=O) groups is 1. The summed E-state index contributed by atoms with van der Waals surface area (Å²) in [5, 5.41) is 0. The number of fused-ring (bicyclic) bond motifs is 1. The van der Waals surface area contributed by atoms with E-state index >= 15 is 0 Å². The molecule has 0 saturated carbocycles. The summed E-state index contributed by atoms with van der Waals surface area (Å²) in [6, 6.07) is 0. The Morgan fingerprint density at radius 3 is 2.44 bits per heavy atom. The molecule has 0 amide bonds. The second-order valence-electron chi connectivity index (χ2n) is 10.1. The highest BCUT2D eigenvalue weighted by molar-refractivity contribution is 14.1. The van der Waals surface area contributed by atoms with Crippen LogP contribution in [0.4, 0.5) is 13.2 Å². The third-order valence-electron chi connectivity index (χ3n) is 6.08. The van der Waals surface area contributed by atoms with E-state index < -0.39 is 38.3 Å². The van der Waals surface area contributed by atoms with Gasteiger partial charge in [-0.2, -0.15) is 21.6 Å². The zero-order valence-corrected chi connectivity index (χ0v) is 22.9. The highest BCUT2D eigenvalue weighted by Crippen LogP contribution is 2.45. The number of rotatable bonds is 10. The molecule has 1 unspecified atom stereocenters. The Morgan fingerprint density at radius 2 is 1.88 bits per heavy atom. The molecule has 2 fully saturated rings. The molecule has 0 aromatic heterocycles. The highest BCUT2D eigenvalue weighted by atomic mass is 127. The molecular formula is C22H34F3IO7S. The molecular weight excluding hydrogens is 592 g/mol. The fourth-order valence-electron chi connectivity index (χ4n) is 4.10. The third-order valence-corrected chi connectivity index (χ3v) is 8.37.